The number of hydrogen-bond donors (Lipinski definition) is 1. The van der Waals surface area contributed by atoms with Crippen molar-refractivity contribution in [2.75, 3.05) is 13.2 Å². The van der Waals surface area contributed by atoms with E-state index in [0.29, 0.717) is 48.2 Å². The minimum Gasteiger partial charge on any atom is -0.490 e. The van der Waals surface area contributed by atoms with E-state index < -0.39 is 0 Å². The van der Waals surface area contributed by atoms with Gasteiger partial charge in [0.05, 0.1) is 17.3 Å². The van der Waals surface area contributed by atoms with Gasteiger partial charge in [0.25, 0.3) is 5.91 Å². The van der Waals surface area contributed by atoms with Crippen molar-refractivity contribution < 1.29 is 19.0 Å². The molecular weight excluding hydrogens is 564 g/mol. The highest BCUT2D eigenvalue weighted by molar-refractivity contribution is 9.11. The Labute approximate surface area is 215 Å². The number of halogens is 2. The van der Waals surface area contributed by atoms with E-state index in [0.717, 1.165) is 14.5 Å². The zero-order valence-corrected chi connectivity index (χ0v) is 21.8. The van der Waals surface area contributed by atoms with E-state index in [1.807, 2.05) is 49.4 Å². The Morgan fingerprint density at radius 3 is 2.56 bits per heavy atom. The van der Waals surface area contributed by atoms with Gasteiger partial charge in [-0.2, -0.15) is 5.10 Å². The third-order valence-corrected chi connectivity index (χ3v) is 5.54. The predicted molar refractivity (Wildman–Crippen MR) is 141 cm³/mol. The summed E-state index contributed by atoms with van der Waals surface area (Å²) in [5, 5.41) is 4.10. The van der Waals surface area contributed by atoms with Crippen molar-refractivity contribution in [2.45, 2.75) is 13.5 Å². The fraction of sp³-hybridized carbons (Fsp3) is 0.154. The molecule has 0 radical (unpaired) electrons. The van der Waals surface area contributed by atoms with Crippen LogP contribution in [0.3, 0.4) is 0 Å². The van der Waals surface area contributed by atoms with Crippen molar-refractivity contribution in [2.24, 2.45) is 5.10 Å². The summed E-state index contributed by atoms with van der Waals surface area (Å²) in [4.78, 5) is 12.7. The van der Waals surface area contributed by atoms with Crippen LogP contribution < -0.4 is 19.6 Å². The summed E-state index contributed by atoms with van der Waals surface area (Å²) in [7, 11) is 0. The molecule has 0 unspecified atom stereocenters. The largest absolute Gasteiger partial charge is 0.490 e. The van der Waals surface area contributed by atoms with E-state index in [9.17, 15) is 4.79 Å². The van der Waals surface area contributed by atoms with E-state index in [4.69, 9.17) is 14.2 Å². The Hall–Kier alpha value is -3.10. The summed E-state index contributed by atoms with van der Waals surface area (Å²) in [6.45, 7) is 6.72. The van der Waals surface area contributed by atoms with Crippen molar-refractivity contribution in [1.82, 2.24) is 5.43 Å². The van der Waals surface area contributed by atoms with Crippen LogP contribution in [0.1, 0.15) is 28.4 Å². The first-order valence-corrected chi connectivity index (χ1v) is 12.1. The Morgan fingerprint density at radius 1 is 1.03 bits per heavy atom. The molecule has 1 amide bonds. The highest BCUT2D eigenvalue weighted by Gasteiger charge is 2.13. The maximum absolute atomic E-state index is 12.7. The number of ether oxygens (including phenoxy) is 3. The normalized spacial score (nSPS) is 10.7. The summed E-state index contributed by atoms with van der Waals surface area (Å²) in [6, 6.07) is 18.6. The standard InChI is InChI=1S/C26H24Br2N2O4/c1-3-12-33-25-20(13-21(27)15-22(25)28)16-29-30-26(31)19-10-11-23(24(14-19)32-4-2)34-17-18-8-6-5-7-9-18/h3,5-11,13-16H,1,4,12,17H2,2H3,(H,30,31)/b29-16+. The van der Waals surface area contributed by atoms with Crippen LogP contribution in [0.5, 0.6) is 17.2 Å². The van der Waals surface area contributed by atoms with Crippen molar-refractivity contribution in [3.05, 3.63) is 99.0 Å². The van der Waals surface area contributed by atoms with Crippen molar-refractivity contribution in [3.63, 3.8) is 0 Å². The number of hydrogen-bond acceptors (Lipinski definition) is 5. The van der Waals surface area contributed by atoms with E-state index >= 15 is 0 Å². The maximum atomic E-state index is 12.7. The van der Waals surface area contributed by atoms with Crippen LogP contribution in [0.25, 0.3) is 0 Å². The summed E-state index contributed by atoms with van der Waals surface area (Å²) in [6.07, 6.45) is 3.17. The molecule has 0 aliphatic heterocycles. The summed E-state index contributed by atoms with van der Waals surface area (Å²) in [5.41, 5.74) is 4.66. The number of amides is 1. The topological polar surface area (TPSA) is 69.2 Å². The van der Waals surface area contributed by atoms with Gasteiger partial charge in [-0.15, -0.1) is 0 Å². The van der Waals surface area contributed by atoms with Gasteiger partial charge in [0.2, 0.25) is 0 Å². The van der Waals surface area contributed by atoms with Crippen LogP contribution in [0.4, 0.5) is 0 Å². The number of carbonyl (C=O) groups excluding carboxylic acids is 1. The fourth-order valence-electron chi connectivity index (χ4n) is 2.97. The number of nitrogens with zero attached hydrogens (tertiary/aromatic N) is 1. The molecule has 0 saturated carbocycles. The Bertz CT molecular complexity index is 1170. The Morgan fingerprint density at radius 2 is 1.82 bits per heavy atom. The lowest BCUT2D eigenvalue weighted by molar-refractivity contribution is 0.0954. The van der Waals surface area contributed by atoms with E-state index in [-0.39, 0.29) is 5.91 Å². The number of rotatable bonds is 11. The summed E-state index contributed by atoms with van der Waals surface area (Å²) in [5.74, 6) is 1.27. The van der Waals surface area contributed by atoms with Crippen molar-refractivity contribution >= 4 is 44.0 Å². The first-order chi connectivity index (χ1) is 16.5. The minimum absolute atomic E-state index is 0.340. The molecule has 34 heavy (non-hydrogen) atoms. The van der Waals surface area contributed by atoms with Gasteiger partial charge in [-0.05, 0) is 58.7 Å². The second-order valence-electron chi connectivity index (χ2n) is 6.97. The Kier molecular flexibility index (Phi) is 9.73. The molecule has 1 N–H and O–H groups in total. The average Bonchev–Trinajstić information content (AvgIpc) is 2.83. The molecule has 0 aliphatic carbocycles. The first-order valence-electron chi connectivity index (χ1n) is 10.5. The lowest BCUT2D eigenvalue weighted by atomic mass is 10.2. The van der Waals surface area contributed by atoms with E-state index in [1.54, 1.807) is 24.3 Å². The molecule has 0 saturated heterocycles. The van der Waals surface area contributed by atoms with Crippen molar-refractivity contribution in [1.29, 1.82) is 0 Å². The van der Waals surface area contributed by atoms with Crippen LogP contribution in [0.15, 0.2) is 87.4 Å². The first kappa shape index (κ1) is 25.5. The van der Waals surface area contributed by atoms with Gasteiger partial charge in [0.1, 0.15) is 19.0 Å². The second kappa shape index (κ2) is 13.0. The van der Waals surface area contributed by atoms with Crippen LogP contribution in [0, 0.1) is 0 Å². The molecule has 176 valence electrons. The van der Waals surface area contributed by atoms with E-state index in [1.165, 1.54) is 6.21 Å². The van der Waals surface area contributed by atoms with Gasteiger partial charge < -0.3 is 14.2 Å². The lowest BCUT2D eigenvalue weighted by Crippen LogP contribution is -2.18. The number of nitrogens with one attached hydrogen (secondary N) is 1. The minimum atomic E-state index is -0.380. The fourth-order valence-corrected chi connectivity index (χ4v) is 4.34. The third-order valence-electron chi connectivity index (χ3n) is 4.50. The molecule has 8 heteroatoms. The van der Waals surface area contributed by atoms with Gasteiger partial charge in [0, 0.05) is 15.6 Å². The molecule has 0 heterocycles. The molecular formula is C26H24Br2N2O4. The zero-order chi connectivity index (χ0) is 24.3. The molecule has 0 aliphatic rings. The van der Waals surface area contributed by atoms with Gasteiger partial charge in [-0.3, -0.25) is 4.79 Å². The van der Waals surface area contributed by atoms with Crippen molar-refractivity contribution in [3.8, 4) is 17.2 Å². The van der Waals surface area contributed by atoms with Crippen LogP contribution in [-0.4, -0.2) is 25.3 Å². The van der Waals surface area contributed by atoms with Crippen LogP contribution >= 0.6 is 31.9 Å². The van der Waals surface area contributed by atoms with Crippen LogP contribution in [0.2, 0.25) is 0 Å². The highest BCUT2D eigenvalue weighted by Crippen LogP contribution is 2.32. The van der Waals surface area contributed by atoms with Crippen LogP contribution in [-0.2, 0) is 6.61 Å². The van der Waals surface area contributed by atoms with Gasteiger partial charge in [-0.1, -0.05) is 58.9 Å². The maximum Gasteiger partial charge on any atom is 0.271 e. The average molecular weight is 588 g/mol. The molecule has 0 aromatic heterocycles. The van der Waals surface area contributed by atoms with Gasteiger partial charge in [0.15, 0.2) is 11.5 Å². The number of carbonyl (C=O) groups is 1. The monoisotopic (exact) mass is 586 g/mol. The quantitative estimate of drug-likeness (QED) is 0.158. The van der Waals surface area contributed by atoms with Gasteiger partial charge >= 0.3 is 0 Å². The number of benzene rings is 3. The van der Waals surface area contributed by atoms with Gasteiger partial charge in [-0.25, -0.2) is 5.43 Å². The molecule has 3 rings (SSSR count). The SMILES string of the molecule is C=CCOc1c(Br)cc(Br)cc1/C=N/NC(=O)c1ccc(OCc2ccccc2)c(OCC)c1. The number of hydrazone groups is 1. The molecule has 6 nitrogen and oxygen atoms in total. The Balaban J connectivity index is 1.71. The molecule has 3 aromatic carbocycles. The zero-order valence-electron chi connectivity index (χ0n) is 18.6. The summed E-state index contributed by atoms with van der Waals surface area (Å²) < 4.78 is 18.9. The smallest absolute Gasteiger partial charge is 0.271 e. The molecule has 3 aromatic rings. The molecule has 0 atom stereocenters. The molecule has 0 spiro atoms. The molecule has 0 fully saturated rings. The third kappa shape index (κ3) is 7.20. The van der Waals surface area contributed by atoms with E-state index in [2.05, 4.69) is 49.0 Å². The second-order valence-corrected chi connectivity index (χ2v) is 8.74. The predicted octanol–water partition coefficient (Wildman–Crippen LogP) is 6.52. The summed E-state index contributed by atoms with van der Waals surface area (Å²) >= 11 is 6.93. The highest BCUT2D eigenvalue weighted by atomic mass is 79.9. The lowest BCUT2D eigenvalue weighted by Gasteiger charge is -2.13. The molecule has 0 bridgehead atoms.